The van der Waals surface area contributed by atoms with Crippen LogP contribution in [0.2, 0.25) is 5.02 Å². The normalized spacial score (nSPS) is 10.8. The van der Waals surface area contributed by atoms with Gasteiger partial charge < -0.3 is 0 Å². The lowest BCUT2D eigenvalue weighted by Gasteiger charge is -2.05. The number of benzene rings is 2. The third-order valence-corrected chi connectivity index (χ3v) is 3.37. The van der Waals surface area contributed by atoms with E-state index in [4.69, 9.17) is 34.8 Å². The van der Waals surface area contributed by atoms with E-state index in [1.165, 1.54) is 12.1 Å². The van der Waals surface area contributed by atoms with Crippen LogP contribution in [0, 0.1) is 0 Å². The van der Waals surface area contributed by atoms with E-state index in [1.54, 1.807) is 0 Å². The Morgan fingerprint density at radius 2 is 1.10 bits per heavy atom. The number of rotatable bonds is 2. The van der Waals surface area contributed by atoms with E-state index in [9.17, 15) is 13.2 Å². The van der Waals surface area contributed by atoms with Gasteiger partial charge in [-0.15, -0.1) is 23.2 Å². The van der Waals surface area contributed by atoms with Crippen molar-refractivity contribution in [1.29, 1.82) is 0 Å². The number of alkyl halides is 5. The Bertz CT molecular complexity index is 534. The van der Waals surface area contributed by atoms with Gasteiger partial charge in [0.15, 0.2) is 0 Å². The molecule has 0 spiro atoms. The third-order valence-electron chi connectivity index (χ3n) is 2.50. The maximum absolute atomic E-state index is 12.0. The average Bonchev–Trinajstić information content (AvgIpc) is 2.48. The molecular formula is C15H12Cl3F3. The lowest BCUT2D eigenvalue weighted by atomic mass is 10.1. The van der Waals surface area contributed by atoms with Gasteiger partial charge in [-0.05, 0) is 35.4 Å². The highest BCUT2D eigenvalue weighted by Crippen LogP contribution is 2.29. The topological polar surface area (TPSA) is 0 Å². The molecule has 114 valence electrons. The molecule has 21 heavy (non-hydrogen) atoms. The summed E-state index contributed by atoms with van der Waals surface area (Å²) < 4.78 is 36.0. The fraction of sp³-hybridized carbons (Fsp3) is 0.200. The third kappa shape index (κ3) is 6.60. The van der Waals surface area contributed by atoms with Crippen LogP contribution in [0.15, 0.2) is 48.5 Å². The van der Waals surface area contributed by atoms with Gasteiger partial charge in [-0.25, -0.2) is 0 Å². The Hall–Kier alpha value is -0.900. The van der Waals surface area contributed by atoms with Crippen LogP contribution in [-0.4, -0.2) is 0 Å². The minimum atomic E-state index is -4.26. The molecule has 0 aliphatic heterocycles. The highest BCUT2D eigenvalue weighted by Gasteiger charge is 2.29. The molecule has 0 aromatic heterocycles. The van der Waals surface area contributed by atoms with Crippen molar-refractivity contribution in [2.45, 2.75) is 17.9 Å². The lowest BCUT2D eigenvalue weighted by molar-refractivity contribution is -0.137. The van der Waals surface area contributed by atoms with Gasteiger partial charge in [0.05, 0.1) is 5.56 Å². The molecule has 0 amide bonds. The standard InChI is InChI=1S/C8H6ClF3.C7H6Cl2/c9-5-6-1-3-7(4-2-6)8(10,11)12;8-5-6-1-3-7(9)4-2-6/h1-4H,5H2;1-4H,5H2. The fourth-order valence-corrected chi connectivity index (χ4v) is 1.84. The van der Waals surface area contributed by atoms with Crippen molar-refractivity contribution in [2.24, 2.45) is 0 Å². The van der Waals surface area contributed by atoms with E-state index in [2.05, 4.69) is 0 Å². The number of halogens is 6. The van der Waals surface area contributed by atoms with E-state index >= 15 is 0 Å². The van der Waals surface area contributed by atoms with Gasteiger partial charge in [0, 0.05) is 16.8 Å². The van der Waals surface area contributed by atoms with Crippen molar-refractivity contribution in [1.82, 2.24) is 0 Å². The summed E-state index contributed by atoms with van der Waals surface area (Å²) in [7, 11) is 0. The summed E-state index contributed by atoms with van der Waals surface area (Å²) in [6.07, 6.45) is -4.26. The van der Waals surface area contributed by atoms with Gasteiger partial charge in [0.25, 0.3) is 0 Å². The van der Waals surface area contributed by atoms with Gasteiger partial charge in [-0.1, -0.05) is 35.9 Å². The summed E-state index contributed by atoms with van der Waals surface area (Å²) in [5.74, 6) is 0.787. The highest BCUT2D eigenvalue weighted by molar-refractivity contribution is 6.30. The summed E-state index contributed by atoms with van der Waals surface area (Å²) >= 11 is 16.6. The summed E-state index contributed by atoms with van der Waals surface area (Å²) in [4.78, 5) is 0. The maximum atomic E-state index is 12.0. The molecule has 0 fully saturated rings. The molecule has 2 aromatic carbocycles. The Labute approximate surface area is 136 Å². The van der Waals surface area contributed by atoms with Gasteiger partial charge in [-0.3, -0.25) is 0 Å². The predicted octanol–water partition coefficient (Wildman–Crippen LogP) is 6.52. The molecular weight excluding hydrogens is 344 g/mol. The molecule has 0 bridgehead atoms. The average molecular weight is 356 g/mol. The van der Waals surface area contributed by atoms with Gasteiger partial charge in [0.1, 0.15) is 0 Å². The first-order valence-electron chi connectivity index (χ1n) is 5.89. The quantitative estimate of drug-likeness (QED) is 0.538. The maximum Gasteiger partial charge on any atom is 0.416 e. The smallest absolute Gasteiger partial charge is 0.166 e. The first kappa shape index (κ1) is 18.1. The highest BCUT2D eigenvalue weighted by atomic mass is 35.5. The molecule has 0 saturated heterocycles. The first-order chi connectivity index (χ1) is 9.86. The minimum Gasteiger partial charge on any atom is -0.166 e. The second-order valence-corrected chi connectivity index (χ2v) is 5.06. The first-order valence-corrected chi connectivity index (χ1v) is 7.34. The molecule has 0 saturated carbocycles. The molecule has 0 aliphatic rings. The molecule has 0 atom stereocenters. The predicted molar refractivity (Wildman–Crippen MR) is 82.0 cm³/mol. The molecule has 2 rings (SSSR count). The zero-order valence-corrected chi connectivity index (χ0v) is 13.1. The van der Waals surface area contributed by atoms with Crippen LogP contribution in [0.1, 0.15) is 16.7 Å². The number of hydrogen-bond donors (Lipinski definition) is 0. The van der Waals surface area contributed by atoms with Gasteiger partial charge in [0.2, 0.25) is 0 Å². The summed E-state index contributed by atoms with van der Waals surface area (Å²) in [6, 6.07) is 12.3. The molecule has 0 nitrogen and oxygen atoms in total. The van der Waals surface area contributed by atoms with Crippen LogP contribution < -0.4 is 0 Å². The van der Waals surface area contributed by atoms with Gasteiger partial charge in [-0.2, -0.15) is 13.2 Å². The van der Waals surface area contributed by atoms with Crippen LogP contribution in [0.3, 0.4) is 0 Å². The van der Waals surface area contributed by atoms with Crippen molar-refractivity contribution >= 4 is 34.8 Å². The van der Waals surface area contributed by atoms with Crippen molar-refractivity contribution in [3.63, 3.8) is 0 Å². The molecule has 2 aromatic rings. The van der Waals surface area contributed by atoms with Crippen molar-refractivity contribution in [2.75, 3.05) is 0 Å². The van der Waals surface area contributed by atoms with E-state index < -0.39 is 11.7 Å². The zero-order chi connectivity index (χ0) is 15.9. The summed E-state index contributed by atoms with van der Waals surface area (Å²) in [5.41, 5.74) is 1.14. The lowest BCUT2D eigenvalue weighted by Crippen LogP contribution is -2.04. The molecule has 0 aliphatic carbocycles. The Balaban J connectivity index is 0.000000219. The largest absolute Gasteiger partial charge is 0.416 e. The van der Waals surface area contributed by atoms with Crippen LogP contribution in [0.5, 0.6) is 0 Å². The molecule has 0 heterocycles. The number of hydrogen-bond acceptors (Lipinski definition) is 0. The van der Waals surface area contributed by atoms with Crippen LogP contribution in [0.25, 0.3) is 0 Å². The van der Waals surface area contributed by atoms with E-state index in [1.807, 2.05) is 24.3 Å². The van der Waals surface area contributed by atoms with Crippen LogP contribution in [-0.2, 0) is 17.9 Å². The van der Waals surface area contributed by atoms with Crippen molar-refractivity contribution in [3.05, 3.63) is 70.2 Å². The van der Waals surface area contributed by atoms with E-state index in [0.29, 0.717) is 11.4 Å². The van der Waals surface area contributed by atoms with E-state index in [0.717, 1.165) is 22.7 Å². The second kappa shape index (κ2) is 8.52. The monoisotopic (exact) mass is 354 g/mol. The summed E-state index contributed by atoms with van der Waals surface area (Å²) in [5, 5.41) is 0.754. The van der Waals surface area contributed by atoms with Crippen LogP contribution >= 0.6 is 34.8 Å². The minimum absolute atomic E-state index is 0.234. The zero-order valence-electron chi connectivity index (χ0n) is 10.8. The fourth-order valence-electron chi connectivity index (χ4n) is 1.36. The Morgan fingerprint density at radius 3 is 1.43 bits per heavy atom. The second-order valence-electron chi connectivity index (χ2n) is 4.09. The summed E-state index contributed by atoms with van der Waals surface area (Å²) in [6.45, 7) is 0. The van der Waals surface area contributed by atoms with Crippen molar-refractivity contribution < 1.29 is 13.2 Å². The molecule has 0 N–H and O–H groups in total. The Morgan fingerprint density at radius 1 is 0.714 bits per heavy atom. The van der Waals surface area contributed by atoms with Gasteiger partial charge >= 0.3 is 6.18 Å². The molecule has 0 unspecified atom stereocenters. The molecule has 0 radical (unpaired) electrons. The van der Waals surface area contributed by atoms with E-state index in [-0.39, 0.29) is 5.88 Å². The Kier molecular flexibility index (Phi) is 7.36. The van der Waals surface area contributed by atoms with Crippen molar-refractivity contribution in [3.8, 4) is 0 Å². The SMILES string of the molecule is ClCc1ccc(Cl)cc1.FC(F)(F)c1ccc(CCl)cc1. The van der Waals surface area contributed by atoms with Crippen LogP contribution in [0.4, 0.5) is 13.2 Å². The molecule has 6 heteroatoms.